The lowest BCUT2D eigenvalue weighted by atomic mass is 10.0. The Bertz CT molecular complexity index is 793. The first-order valence-corrected chi connectivity index (χ1v) is 7.29. The minimum Gasteiger partial charge on any atom is -0.337 e. The summed E-state index contributed by atoms with van der Waals surface area (Å²) in [7, 11) is 0. The summed E-state index contributed by atoms with van der Waals surface area (Å²) in [6.45, 7) is 0.886. The molecule has 0 saturated heterocycles. The summed E-state index contributed by atoms with van der Waals surface area (Å²) in [5.74, 6) is -0.407. The van der Waals surface area contributed by atoms with Crippen molar-refractivity contribution in [2.24, 2.45) is 0 Å². The SMILES string of the molecule is N#CC1c2cc(C(F)(F)F)ccc2C(=O)N1CCCn1ccnc1. The molecule has 24 heavy (non-hydrogen) atoms. The number of carbonyl (C=O) groups excluding carboxylic acids is 1. The van der Waals surface area contributed by atoms with E-state index in [1.165, 1.54) is 4.90 Å². The van der Waals surface area contributed by atoms with Gasteiger partial charge >= 0.3 is 6.18 Å². The topological polar surface area (TPSA) is 61.9 Å². The summed E-state index contributed by atoms with van der Waals surface area (Å²) < 4.78 is 40.4. The van der Waals surface area contributed by atoms with Gasteiger partial charge in [-0.1, -0.05) is 0 Å². The second-order valence-electron chi connectivity index (χ2n) is 5.48. The van der Waals surface area contributed by atoms with E-state index in [9.17, 15) is 23.2 Å². The monoisotopic (exact) mass is 334 g/mol. The van der Waals surface area contributed by atoms with Crippen LogP contribution in [0.25, 0.3) is 0 Å². The van der Waals surface area contributed by atoms with Gasteiger partial charge in [0.2, 0.25) is 0 Å². The van der Waals surface area contributed by atoms with E-state index in [1.54, 1.807) is 18.7 Å². The highest BCUT2D eigenvalue weighted by Crippen LogP contribution is 2.38. The molecule has 124 valence electrons. The molecule has 0 spiro atoms. The van der Waals surface area contributed by atoms with E-state index < -0.39 is 23.7 Å². The number of imidazole rings is 1. The van der Waals surface area contributed by atoms with Crippen molar-refractivity contribution in [1.29, 1.82) is 5.26 Å². The molecule has 1 aliphatic heterocycles. The minimum atomic E-state index is -4.51. The van der Waals surface area contributed by atoms with Gasteiger partial charge in [0.15, 0.2) is 0 Å². The van der Waals surface area contributed by atoms with Crippen molar-refractivity contribution in [2.75, 3.05) is 6.54 Å². The number of carbonyl (C=O) groups is 1. The Kier molecular flexibility index (Phi) is 4.01. The normalized spacial score (nSPS) is 17.0. The van der Waals surface area contributed by atoms with Crippen molar-refractivity contribution < 1.29 is 18.0 Å². The third kappa shape index (κ3) is 2.85. The average Bonchev–Trinajstić information content (AvgIpc) is 3.14. The summed E-state index contributed by atoms with van der Waals surface area (Å²) >= 11 is 0. The minimum absolute atomic E-state index is 0.125. The van der Waals surface area contributed by atoms with E-state index in [-0.39, 0.29) is 17.7 Å². The summed E-state index contributed by atoms with van der Waals surface area (Å²) in [4.78, 5) is 17.6. The molecule has 2 heterocycles. The number of amides is 1. The Morgan fingerprint density at radius 2 is 2.08 bits per heavy atom. The maximum absolute atomic E-state index is 12.9. The molecule has 1 unspecified atom stereocenters. The van der Waals surface area contributed by atoms with Crippen LogP contribution < -0.4 is 0 Å². The maximum atomic E-state index is 12.9. The van der Waals surface area contributed by atoms with Crippen LogP contribution in [0.5, 0.6) is 0 Å². The molecular weight excluding hydrogens is 321 g/mol. The smallest absolute Gasteiger partial charge is 0.337 e. The van der Waals surface area contributed by atoms with Gasteiger partial charge in [0, 0.05) is 36.6 Å². The number of hydrogen-bond acceptors (Lipinski definition) is 3. The number of halogens is 3. The number of rotatable bonds is 4. The lowest BCUT2D eigenvalue weighted by Crippen LogP contribution is -2.29. The van der Waals surface area contributed by atoms with Crippen LogP contribution in [-0.4, -0.2) is 26.9 Å². The molecule has 1 amide bonds. The molecule has 1 aliphatic rings. The molecule has 0 radical (unpaired) electrons. The fraction of sp³-hybridized carbons (Fsp3) is 0.312. The van der Waals surface area contributed by atoms with E-state index in [0.29, 0.717) is 13.0 Å². The number of aryl methyl sites for hydroxylation is 1. The van der Waals surface area contributed by atoms with Gasteiger partial charge in [-0.3, -0.25) is 4.79 Å². The third-order valence-corrected chi connectivity index (χ3v) is 3.97. The lowest BCUT2D eigenvalue weighted by Gasteiger charge is -2.20. The molecule has 0 N–H and O–H groups in total. The number of fused-ring (bicyclic) bond motifs is 1. The molecule has 2 aromatic rings. The van der Waals surface area contributed by atoms with Crippen molar-refractivity contribution in [2.45, 2.75) is 25.2 Å². The first-order valence-electron chi connectivity index (χ1n) is 7.29. The highest BCUT2D eigenvalue weighted by atomic mass is 19.4. The van der Waals surface area contributed by atoms with Gasteiger partial charge in [-0.15, -0.1) is 0 Å². The van der Waals surface area contributed by atoms with E-state index in [0.717, 1.165) is 18.2 Å². The Morgan fingerprint density at radius 3 is 2.71 bits per heavy atom. The number of aromatic nitrogens is 2. The van der Waals surface area contributed by atoms with Gasteiger partial charge in [0.25, 0.3) is 5.91 Å². The summed E-state index contributed by atoms with van der Waals surface area (Å²) in [5.41, 5.74) is -0.563. The fourth-order valence-corrected chi connectivity index (χ4v) is 2.81. The lowest BCUT2D eigenvalue weighted by molar-refractivity contribution is -0.137. The molecule has 0 fully saturated rings. The largest absolute Gasteiger partial charge is 0.416 e. The highest BCUT2D eigenvalue weighted by molar-refractivity contribution is 5.99. The number of nitriles is 1. The Morgan fingerprint density at radius 1 is 1.29 bits per heavy atom. The maximum Gasteiger partial charge on any atom is 0.416 e. The first-order chi connectivity index (χ1) is 11.4. The van der Waals surface area contributed by atoms with Crippen molar-refractivity contribution in [3.8, 4) is 6.07 Å². The van der Waals surface area contributed by atoms with Crippen LogP contribution in [0.4, 0.5) is 13.2 Å². The third-order valence-electron chi connectivity index (χ3n) is 3.97. The number of alkyl halides is 3. The van der Waals surface area contributed by atoms with Crippen molar-refractivity contribution >= 4 is 5.91 Å². The predicted octanol–water partition coefficient (Wildman–Crippen LogP) is 3.01. The molecule has 5 nitrogen and oxygen atoms in total. The zero-order chi connectivity index (χ0) is 17.3. The van der Waals surface area contributed by atoms with Crippen LogP contribution >= 0.6 is 0 Å². The molecule has 0 saturated carbocycles. The van der Waals surface area contributed by atoms with Gasteiger partial charge < -0.3 is 9.47 Å². The van der Waals surface area contributed by atoms with Crippen molar-refractivity contribution in [3.63, 3.8) is 0 Å². The van der Waals surface area contributed by atoms with Crippen LogP contribution in [-0.2, 0) is 12.7 Å². The molecule has 3 rings (SSSR count). The molecule has 0 bridgehead atoms. The fourth-order valence-electron chi connectivity index (χ4n) is 2.81. The molecule has 0 aliphatic carbocycles. The Hall–Kier alpha value is -2.82. The molecule has 1 aromatic heterocycles. The van der Waals surface area contributed by atoms with E-state index in [1.807, 2.05) is 10.6 Å². The van der Waals surface area contributed by atoms with Crippen LogP contribution in [0.15, 0.2) is 36.9 Å². The highest BCUT2D eigenvalue weighted by Gasteiger charge is 2.39. The van der Waals surface area contributed by atoms with E-state index >= 15 is 0 Å². The number of hydrogen-bond donors (Lipinski definition) is 0. The Balaban J connectivity index is 1.79. The summed E-state index contributed by atoms with van der Waals surface area (Å²) in [5, 5.41) is 9.34. The predicted molar refractivity (Wildman–Crippen MR) is 77.7 cm³/mol. The van der Waals surface area contributed by atoms with Crippen LogP contribution in [0.2, 0.25) is 0 Å². The second kappa shape index (κ2) is 6.00. The summed E-state index contributed by atoms with van der Waals surface area (Å²) in [6, 6.07) is 3.88. The van der Waals surface area contributed by atoms with E-state index in [4.69, 9.17) is 0 Å². The van der Waals surface area contributed by atoms with E-state index in [2.05, 4.69) is 4.98 Å². The number of benzene rings is 1. The first kappa shape index (κ1) is 16.1. The van der Waals surface area contributed by atoms with Gasteiger partial charge in [-0.2, -0.15) is 18.4 Å². The van der Waals surface area contributed by atoms with Crippen LogP contribution in [0.1, 0.15) is 33.9 Å². The average molecular weight is 334 g/mol. The standard InChI is InChI=1S/C16H13F3N4O/c17-16(18,19)11-2-3-12-13(8-11)14(9-20)23(15(12)24)6-1-5-22-7-4-21-10-22/h2-4,7-8,10,14H,1,5-6H2. The second-order valence-corrected chi connectivity index (χ2v) is 5.48. The van der Waals surface area contributed by atoms with Crippen molar-refractivity contribution in [1.82, 2.24) is 14.5 Å². The molecule has 1 atom stereocenters. The van der Waals surface area contributed by atoms with Gasteiger partial charge in [0.1, 0.15) is 6.04 Å². The zero-order valence-corrected chi connectivity index (χ0v) is 12.5. The van der Waals surface area contributed by atoms with Gasteiger partial charge in [0.05, 0.1) is 18.0 Å². The zero-order valence-electron chi connectivity index (χ0n) is 12.5. The van der Waals surface area contributed by atoms with Crippen molar-refractivity contribution in [3.05, 3.63) is 53.6 Å². The van der Waals surface area contributed by atoms with Gasteiger partial charge in [-0.25, -0.2) is 4.98 Å². The molecule has 1 aromatic carbocycles. The van der Waals surface area contributed by atoms with Crippen LogP contribution in [0, 0.1) is 11.3 Å². The quantitative estimate of drug-likeness (QED) is 0.863. The molecular formula is C16H13F3N4O. The molecule has 8 heteroatoms. The van der Waals surface area contributed by atoms with Gasteiger partial charge in [-0.05, 0) is 24.6 Å². The van der Waals surface area contributed by atoms with Crippen LogP contribution in [0.3, 0.4) is 0 Å². The Labute approximate surface area is 135 Å². The number of nitrogens with zero attached hydrogens (tertiary/aromatic N) is 4. The summed E-state index contributed by atoms with van der Waals surface area (Å²) in [6.07, 6.45) is 1.11.